The van der Waals surface area contributed by atoms with Crippen LogP contribution in [-0.2, 0) is 16.0 Å². The third-order valence-electron chi connectivity index (χ3n) is 4.39. The van der Waals surface area contributed by atoms with E-state index < -0.39 is 0 Å². The van der Waals surface area contributed by atoms with Gasteiger partial charge in [-0.05, 0) is 19.1 Å². The van der Waals surface area contributed by atoms with Crippen LogP contribution in [0.4, 0.5) is 5.69 Å². The lowest BCUT2D eigenvalue weighted by Crippen LogP contribution is -2.41. The summed E-state index contributed by atoms with van der Waals surface area (Å²) >= 11 is 1.22. The first-order valence-corrected chi connectivity index (χ1v) is 10.2. The second-order valence-electron chi connectivity index (χ2n) is 6.63. The fourth-order valence-electron chi connectivity index (χ4n) is 2.75. The van der Waals surface area contributed by atoms with E-state index in [9.17, 15) is 9.59 Å². The minimum atomic E-state index is -0.289. The molecular weight excluding hydrogens is 378 g/mol. The lowest BCUT2D eigenvalue weighted by atomic mass is 10.2. The SMILES string of the molecule is Cc1ccc(NC(=O)c2nnc(CCC(=O)NCCN3CCOCC3)s2)cc1. The molecule has 8 nitrogen and oxygen atoms in total. The van der Waals surface area contributed by atoms with Crippen molar-refractivity contribution in [3.05, 3.63) is 39.8 Å². The molecule has 0 saturated carbocycles. The molecule has 150 valence electrons. The molecule has 1 fully saturated rings. The Balaban J connectivity index is 1.38. The maximum atomic E-state index is 12.2. The van der Waals surface area contributed by atoms with Gasteiger partial charge in [-0.15, -0.1) is 10.2 Å². The van der Waals surface area contributed by atoms with Crippen molar-refractivity contribution in [3.63, 3.8) is 0 Å². The standard InChI is InChI=1S/C19H25N5O3S/c1-14-2-4-15(5-3-14)21-18(26)19-23-22-17(28-19)7-6-16(25)20-8-9-24-10-12-27-13-11-24/h2-5H,6-13H2,1H3,(H,20,25)(H,21,26). The fourth-order valence-corrected chi connectivity index (χ4v) is 3.49. The number of aryl methyl sites for hydroxylation is 2. The normalized spacial score (nSPS) is 14.6. The molecule has 0 bridgehead atoms. The number of amides is 2. The van der Waals surface area contributed by atoms with Gasteiger partial charge in [-0.2, -0.15) is 0 Å². The molecule has 2 amide bonds. The molecule has 0 radical (unpaired) electrons. The number of carbonyl (C=O) groups is 2. The zero-order valence-corrected chi connectivity index (χ0v) is 16.8. The number of rotatable bonds is 8. The summed E-state index contributed by atoms with van der Waals surface area (Å²) in [6.45, 7) is 6.77. The Morgan fingerprint density at radius 1 is 1.18 bits per heavy atom. The molecule has 1 aromatic carbocycles. The molecule has 1 saturated heterocycles. The first kappa shape index (κ1) is 20.4. The van der Waals surface area contributed by atoms with Gasteiger partial charge in [0.2, 0.25) is 10.9 Å². The van der Waals surface area contributed by atoms with Crippen LogP contribution in [0.25, 0.3) is 0 Å². The largest absolute Gasteiger partial charge is 0.379 e. The average Bonchev–Trinajstić information content (AvgIpc) is 3.18. The molecule has 9 heteroatoms. The highest BCUT2D eigenvalue weighted by Crippen LogP contribution is 2.15. The van der Waals surface area contributed by atoms with E-state index in [2.05, 4.69) is 25.7 Å². The van der Waals surface area contributed by atoms with Crippen molar-refractivity contribution in [1.29, 1.82) is 0 Å². The Hall–Kier alpha value is -2.36. The van der Waals surface area contributed by atoms with E-state index in [1.54, 1.807) is 0 Å². The van der Waals surface area contributed by atoms with Crippen LogP contribution in [0.3, 0.4) is 0 Å². The number of carbonyl (C=O) groups excluding carboxylic acids is 2. The monoisotopic (exact) mass is 403 g/mol. The summed E-state index contributed by atoms with van der Waals surface area (Å²) in [6, 6.07) is 7.55. The van der Waals surface area contributed by atoms with Crippen molar-refractivity contribution >= 4 is 28.8 Å². The van der Waals surface area contributed by atoms with Crippen LogP contribution >= 0.6 is 11.3 Å². The van der Waals surface area contributed by atoms with E-state index in [0.717, 1.165) is 38.4 Å². The number of nitrogens with zero attached hydrogens (tertiary/aromatic N) is 3. The van der Waals surface area contributed by atoms with E-state index in [-0.39, 0.29) is 11.8 Å². The molecule has 0 spiro atoms. The molecule has 0 unspecified atom stereocenters. The van der Waals surface area contributed by atoms with Gasteiger partial charge in [0.1, 0.15) is 5.01 Å². The van der Waals surface area contributed by atoms with E-state index >= 15 is 0 Å². The van der Waals surface area contributed by atoms with E-state index in [1.165, 1.54) is 11.3 Å². The molecule has 2 heterocycles. The molecule has 1 aliphatic heterocycles. The summed E-state index contributed by atoms with van der Waals surface area (Å²) in [5.41, 5.74) is 1.84. The fraction of sp³-hybridized carbons (Fsp3) is 0.474. The summed E-state index contributed by atoms with van der Waals surface area (Å²) in [6.07, 6.45) is 0.802. The highest BCUT2D eigenvalue weighted by Gasteiger charge is 2.14. The molecule has 2 aromatic rings. The maximum Gasteiger partial charge on any atom is 0.286 e. The molecule has 28 heavy (non-hydrogen) atoms. The Kier molecular flexibility index (Phi) is 7.46. The maximum absolute atomic E-state index is 12.2. The molecule has 0 atom stereocenters. The van der Waals surface area contributed by atoms with Crippen molar-refractivity contribution in [2.45, 2.75) is 19.8 Å². The van der Waals surface area contributed by atoms with Gasteiger partial charge < -0.3 is 15.4 Å². The Bertz CT molecular complexity index is 787. The number of aromatic nitrogens is 2. The van der Waals surface area contributed by atoms with Crippen LogP contribution in [0.15, 0.2) is 24.3 Å². The average molecular weight is 404 g/mol. The topological polar surface area (TPSA) is 96.5 Å². The van der Waals surface area contributed by atoms with Gasteiger partial charge in [0, 0.05) is 44.7 Å². The molecule has 1 aliphatic rings. The zero-order chi connectivity index (χ0) is 19.8. The van der Waals surface area contributed by atoms with Crippen molar-refractivity contribution in [1.82, 2.24) is 20.4 Å². The van der Waals surface area contributed by atoms with Crippen LogP contribution in [0, 0.1) is 6.92 Å². The Morgan fingerprint density at radius 3 is 2.68 bits per heavy atom. The van der Waals surface area contributed by atoms with Crippen LogP contribution in [0.1, 0.15) is 26.8 Å². The van der Waals surface area contributed by atoms with E-state index in [1.807, 2.05) is 31.2 Å². The van der Waals surface area contributed by atoms with Crippen molar-refractivity contribution < 1.29 is 14.3 Å². The molecule has 0 aliphatic carbocycles. The molecule has 3 rings (SSSR count). The van der Waals surface area contributed by atoms with Crippen LogP contribution in [0.2, 0.25) is 0 Å². The number of ether oxygens (including phenoxy) is 1. The first-order chi connectivity index (χ1) is 13.6. The number of anilines is 1. The Labute approximate surface area is 168 Å². The van der Waals surface area contributed by atoms with Gasteiger partial charge in [-0.25, -0.2) is 0 Å². The number of morpholine rings is 1. The molecule has 1 aromatic heterocycles. The van der Waals surface area contributed by atoms with Crippen molar-refractivity contribution in [3.8, 4) is 0 Å². The van der Waals surface area contributed by atoms with Crippen LogP contribution in [0.5, 0.6) is 0 Å². The number of hydrogen-bond donors (Lipinski definition) is 2. The van der Waals surface area contributed by atoms with Gasteiger partial charge in [0.05, 0.1) is 13.2 Å². The van der Waals surface area contributed by atoms with E-state index in [0.29, 0.717) is 35.1 Å². The minimum Gasteiger partial charge on any atom is -0.379 e. The summed E-state index contributed by atoms with van der Waals surface area (Å²) in [5.74, 6) is -0.309. The van der Waals surface area contributed by atoms with E-state index in [4.69, 9.17) is 4.74 Å². The van der Waals surface area contributed by atoms with Gasteiger partial charge >= 0.3 is 0 Å². The van der Waals surface area contributed by atoms with Gasteiger partial charge in [-0.3, -0.25) is 14.5 Å². The highest BCUT2D eigenvalue weighted by atomic mass is 32.1. The smallest absolute Gasteiger partial charge is 0.286 e. The van der Waals surface area contributed by atoms with Gasteiger partial charge in [0.15, 0.2) is 0 Å². The first-order valence-electron chi connectivity index (χ1n) is 9.37. The third-order valence-corrected chi connectivity index (χ3v) is 5.37. The lowest BCUT2D eigenvalue weighted by Gasteiger charge is -2.26. The van der Waals surface area contributed by atoms with Crippen LogP contribution in [-0.4, -0.2) is 66.3 Å². The summed E-state index contributed by atoms with van der Waals surface area (Å²) in [5, 5.41) is 14.7. The highest BCUT2D eigenvalue weighted by molar-refractivity contribution is 7.13. The predicted molar refractivity (Wildman–Crippen MR) is 108 cm³/mol. The third kappa shape index (κ3) is 6.36. The van der Waals surface area contributed by atoms with Crippen molar-refractivity contribution in [2.75, 3.05) is 44.7 Å². The summed E-state index contributed by atoms with van der Waals surface area (Å²) in [7, 11) is 0. The van der Waals surface area contributed by atoms with Gasteiger partial charge in [-0.1, -0.05) is 29.0 Å². The second kappa shape index (κ2) is 10.3. The lowest BCUT2D eigenvalue weighted by molar-refractivity contribution is -0.121. The zero-order valence-electron chi connectivity index (χ0n) is 15.9. The number of benzene rings is 1. The van der Waals surface area contributed by atoms with Crippen LogP contribution < -0.4 is 10.6 Å². The summed E-state index contributed by atoms with van der Waals surface area (Å²) in [4.78, 5) is 26.5. The summed E-state index contributed by atoms with van der Waals surface area (Å²) < 4.78 is 5.30. The van der Waals surface area contributed by atoms with Crippen molar-refractivity contribution in [2.24, 2.45) is 0 Å². The second-order valence-corrected chi connectivity index (χ2v) is 7.69. The molecular formula is C19H25N5O3S. The molecule has 2 N–H and O–H groups in total. The quantitative estimate of drug-likeness (QED) is 0.693. The number of nitrogens with one attached hydrogen (secondary N) is 2. The Morgan fingerprint density at radius 2 is 1.93 bits per heavy atom. The predicted octanol–water partition coefficient (Wildman–Crippen LogP) is 1.48. The van der Waals surface area contributed by atoms with Gasteiger partial charge in [0.25, 0.3) is 5.91 Å². The number of hydrogen-bond acceptors (Lipinski definition) is 7. The minimum absolute atomic E-state index is 0.0193.